The number of pyridine rings is 1. The van der Waals surface area contributed by atoms with Gasteiger partial charge in [0.1, 0.15) is 28.0 Å². The molecule has 4 aromatic rings. The summed E-state index contributed by atoms with van der Waals surface area (Å²) in [5.74, 6) is -1.68. The molecule has 41 heavy (non-hydrogen) atoms. The highest BCUT2D eigenvalue weighted by Gasteiger charge is 2.33. The van der Waals surface area contributed by atoms with Gasteiger partial charge in [-0.05, 0) is 79.1 Å². The third kappa shape index (κ3) is 5.78. The molecular formula is C31H29ClF2N2O4S. The standard InChI is InChI=1S/C31H29ClF2N2O4S/c1-3-17-4-7-21(8-5-17)36(30(37)29-27(32)26-22(33)9-10-23(34)28(26)41-29)16-20-14-18(6-11-25(20)40-2)19-12-13-35-24(15-19)31(38)39/h6,9-15,17,21H,3-5,7-8,16H2,1-2H3,(H,38,39). The molecule has 0 aliphatic heterocycles. The Balaban J connectivity index is 1.56. The third-order valence-corrected chi connectivity index (χ3v) is 9.58. The van der Waals surface area contributed by atoms with Gasteiger partial charge in [0.25, 0.3) is 5.91 Å². The van der Waals surface area contributed by atoms with Crippen LogP contribution in [0.15, 0.2) is 48.7 Å². The molecule has 1 amide bonds. The fourth-order valence-corrected chi connectivity index (χ4v) is 7.09. The highest BCUT2D eigenvalue weighted by Crippen LogP contribution is 2.41. The number of carboxylic acids is 1. The molecule has 10 heteroatoms. The summed E-state index contributed by atoms with van der Waals surface area (Å²) in [6, 6.07) is 10.6. The number of nitrogens with zero attached hydrogens (tertiary/aromatic N) is 2. The van der Waals surface area contributed by atoms with Gasteiger partial charge in [0.05, 0.1) is 22.2 Å². The van der Waals surface area contributed by atoms with E-state index in [9.17, 15) is 23.5 Å². The van der Waals surface area contributed by atoms with Gasteiger partial charge >= 0.3 is 5.97 Å². The molecule has 5 rings (SSSR count). The van der Waals surface area contributed by atoms with Crippen molar-refractivity contribution in [1.29, 1.82) is 0 Å². The minimum absolute atomic E-state index is 0.0134. The molecule has 0 bridgehead atoms. The second-order valence-corrected chi connectivity index (χ2v) is 11.7. The number of carboxylic acid groups (broad SMARTS) is 1. The molecule has 214 valence electrons. The second-order valence-electron chi connectivity index (χ2n) is 10.3. The van der Waals surface area contributed by atoms with E-state index in [0.717, 1.165) is 61.1 Å². The summed E-state index contributed by atoms with van der Waals surface area (Å²) in [5.41, 5.74) is 2.01. The maximum atomic E-state index is 14.6. The number of ether oxygens (including phenoxy) is 1. The lowest BCUT2D eigenvalue weighted by Crippen LogP contribution is -2.41. The molecule has 1 aliphatic carbocycles. The first-order valence-corrected chi connectivity index (χ1v) is 14.6. The SMILES string of the molecule is CCC1CCC(N(Cc2cc(-c3ccnc(C(=O)O)c3)ccc2OC)C(=O)c2sc3c(F)ccc(F)c3c2Cl)CC1. The Hall–Kier alpha value is -3.56. The van der Waals surface area contributed by atoms with Crippen LogP contribution in [-0.2, 0) is 6.54 Å². The number of aromatic carboxylic acids is 1. The Morgan fingerprint density at radius 2 is 1.78 bits per heavy atom. The normalized spacial score (nSPS) is 17.0. The first kappa shape index (κ1) is 29.0. The van der Waals surface area contributed by atoms with E-state index in [4.69, 9.17) is 16.3 Å². The number of aromatic nitrogens is 1. The monoisotopic (exact) mass is 598 g/mol. The number of carbonyl (C=O) groups excluding carboxylic acids is 1. The number of fused-ring (bicyclic) bond motifs is 1. The van der Waals surface area contributed by atoms with E-state index in [2.05, 4.69) is 11.9 Å². The third-order valence-electron chi connectivity index (χ3n) is 7.90. The molecule has 2 aromatic carbocycles. The maximum absolute atomic E-state index is 14.6. The predicted octanol–water partition coefficient (Wildman–Crippen LogP) is 8.21. The van der Waals surface area contributed by atoms with Crippen molar-refractivity contribution in [2.45, 2.75) is 51.6 Å². The number of benzene rings is 2. The average molecular weight is 599 g/mol. The lowest BCUT2D eigenvalue weighted by atomic mass is 9.83. The molecule has 1 aliphatic rings. The maximum Gasteiger partial charge on any atom is 0.354 e. The summed E-state index contributed by atoms with van der Waals surface area (Å²) in [4.78, 5) is 31.4. The van der Waals surface area contributed by atoms with Gasteiger partial charge in [0.15, 0.2) is 0 Å². The molecule has 0 saturated heterocycles. The van der Waals surface area contributed by atoms with Crippen molar-refractivity contribution in [3.8, 4) is 16.9 Å². The molecule has 1 fully saturated rings. The van der Waals surface area contributed by atoms with Crippen molar-refractivity contribution >= 4 is 44.9 Å². The van der Waals surface area contributed by atoms with Crippen LogP contribution in [0, 0.1) is 17.6 Å². The van der Waals surface area contributed by atoms with E-state index in [-0.39, 0.29) is 44.2 Å². The number of hydrogen-bond donors (Lipinski definition) is 1. The lowest BCUT2D eigenvalue weighted by molar-refractivity contribution is 0.0590. The van der Waals surface area contributed by atoms with Crippen LogP contribution in [0.1, 0.15) is 64.8 Å². The number of hydrogen-bond acceptors (Lipinski definition) is 5. The summed E-state index contributed by atoms with van der Waals surface area (Å²) in [5, 5.41) is 9.22. The van der Waals surface area contributed by atoms with Crippen molar-refractivity contribution in [3.05, 3.63) is 81.5 Å². The molecule has 2 heterocycles. The van der Waals surface area contributed by atoms with E-state index in [1.165, 1.54) is 12.3 Å². The van der Waals surface area contributed by atoms with Gasteiger partial charge in [-0.1, -0.05) is 31.0 Å². The molecule has 0 atom stereocenters. The zero-order valence-electron chi connectivity index (χ0n) is 22.6. The summed E-state index contributed by atoms with van der Waals surface area (Å²) in [6.45, 7) is 2.34. The molecular weight excluding hydrogens is 570 g/mol. The van der Waals surface area contributed by atoms with Crippen LogP contribution in [0.4, 0.5) is 8.78 Å². The van der Waals surface area contributed by atoms with Crippen molar-refractivity contribution in [1.82, 2.24) is 9.88 Å². The first-order valence-electron chi connectivity index (χ1n) is 13.4. The number of carbonyl (C=O) groups is 2. The quantitative estimate of drug-likeness (QED) is 0.221. The number of methoxy groups -OCH3 is 1. The van der Waals surface area contributed by atoms with Crippen molar-refractivity contribution in [3.63, 3.8) is 0 Å². The van der Waals surface area contributed by atoms with Gasteiger partial charge in [-0.15, -0.1) is 11.3 Å². The second kappa shape index (κ2) is 12.1. The van der Waals surface area contributed by atoms with Crippen LogP contribution >= 0.6 is 22.9 Å². The Morgan fingerprint density at radius 3 is 2.44 bits per heavy atom. The van der Waals surface area contributed by atoms with E-state index >= 15 is 0 Å². The Labute approximate surface area is 245 Å². The van der Waals surface area contributed by atoms with Crippen LogP contribution in [0.5, 0.6) is 5.75 Å². The zero-order valence-corrected chi connectivity index (χ0v) is 24.2. The topological polar surface area (TPSA) is 79.7 Å². The van der Waals surface area contributed by atoms with Gasteiger partial charge in [-0.2, -0.15) is 0 Å². The predicted molar refractivity (Wildman–Crippen MR) is 156 cm³/mol. The number of halogens is 3. The van der Waals surface area contributed by atoms with Gasteiger partial charge in [-0.25, -0.2) is 18.6 Å². The van der Waals surface area contributed by atoms with Crippen LogP contribution in [-0.4, -0.2) is 40.0 Å². The van der Waals surface area contributed by atoms with Gasteiger partial charge in [0, 0.05) is 24.3 Å². The number of amides is 1. The molecule has 0 unspecified atom stereocenters. The fourth-order valence-electron chi connectivity index (χ4n) is 5.59. The van der Waals surface area contributed by atoms with E-state index in [1.807, 2.05) is 12.1 Å². The van der Waals surface area contributed by atoms with Gasteiger partial charge in [0.2, 0.25) is 0 Å². The Kier molecular flexibility index (Phi) is 8.56. The van der Waals surface area contributed by atoms with Crippen molar-refractivity contribution in [2.24, 2.45) is 5.92 Å². The van der Waals surface area contributed by atoms with E-state index in [0.29, 0.717) is 22.8 Å². The highest BCUT2D eigenvalue weighted by molar-refractivity contribution is 7.21. The van der Waals surface area contributed by atoms with E-state index < -0.39 is 17.6 Å². The molecule has 0 spiro atoms. The molecule has 0 radical (unpaired) electrons. The smallest absolute Gasteiger partial charge is 0.354 e. The van der Waals surface area contributed by atoms with Crippen molar-refractivity contribution < 1.29 is 28.2 Å². The average Bonchev–Trinajstić information content (AvgIpc) is 3.35. The molecule has 1 saturated carbocycles. The first-order chi connectivity index (χ1) is 19.7. The van der Waals surface area contributed by atoms with Crippen LogP contribution < -0.4 is 4.74 Å². The summed E-state index contributed by atoms with van der Waals surface area (Å²) in [6.07, 6.45) is 6.04. The zero-order chi connectivity index (χ0) is 29.3. The van der Waals surface area contributed by atoms with Gasteiger partial charge < -0.3 is 14.7 Å². The van der Waals surface area contributed by atoms with Crippen LogP contribution in [0.2, 0.25) is 5.02 Å². The Morgan fingerprint density at radius 1 is 1.07 bits per heavy atom. The van der Waals surface area contributed by atoms with Crippen LogP contribution in [0.3, 0.4) is 0 Å². The van der Waals surface area contributed by atoms with Crippen LogP contribution in [0.25, 0.3) is 21.2 Å². The summed E-state index contributed by atoms with van der Waals surface area (Å²) >= 11 is 7.41. The number of rotatable bonds is 8. The summed E-state index contributed by atoms with van der Waals surface area (Å²) in [7, 11) is 1.54. The Bertz CT molecular complexity index is 1620. The molecule has 2 aromatic heterocycles. The minimum atomic E-state index is -1.13. The minimum Gasteiger partial charge on any atom is -0.496 e. The summed E-state index contributed by atoms with van der Waals surface area (Å²) < 4.78 is 34.9. The highest BCUT2D eigenvalue weighted by atomic mass is 35.5. The van der Waals surface area contributed by atoms with E-state index in [1.54, 1.807) is 24.1 Å². The molecule has 6 nitrogen and oxygen atoms in total. The van der Waals surface area contributed by atoms with Crippen molar-refractivity contribution in [2.75, 3.05) is 7.11 Å². The number of thiophene rings is 1. The fraction of sp³-hybridized carbons (Fsp3) is 0.323. The lowest BCUT2D eigenvalue weighted by Gasteiger charge is -2.37. The largest absolute Gasteiger partial charge is 0.496 e. The molecule has 1 N–H and O–H groups in total. The van der Waals surface area contributed by atoms with Gasteiger partial charge in [-0.3, -0.25) is 4.79 Å².